The van der Waals surface area contributed by atoms with Crippen LogP contribution in [0.3, 0.4) is 0 Å². The summed E-state index contributed by atoms with van der Waals surface area (Å²) in [6, 6.07) is 5.02. The number of halogens is 3. The van der Waals surface area contributed by atoms with E-state index in [1.807, 2.05) is 10.6 Å². The van der Waals surface area contributed by atoms with E-state index in [4.69, 9.17) is 4.74 Å². The number of hydrogen-bond acceptors (Lipinski definition) is 10. The highest BCUT2D eigenvalue weighted by Gasteiger charge is 2.43. The Balaban J connectivity index is 1.13. The largest absolute Gasteiger partial charge is 0.420 e. The minimum Gasteiger partial charge on any atom is -0.378 e. The Bertz CT molecular complexity index is 2330. The smallest absolute Gasteiger partial charge is 0.378 e. The van der Waals surface area contributed by atoms with Crippen LogP contribution in [0.2, 0.25) is 0 Å². The molecule has 0 aromatic carbocycles. The van der Waals surface area contributed by atoms with Crippen LogP contribution >= 0.6 is 0 Å². The summed E-state index contributed by atoms with van der Waals surface area (Å²) < 4.78 is 54.2. The van der Waals surface area contributed by atoms with Crippen LogP contribution in [-0.2, 0) is 42.1 Å². The Hall–Kier alpha value is -5.55. The third kappa shape index (κ3) is 7.18. The predicted octanol–water partition coefficient (Wildman–Crippen LogP) is 5.01. The minimum atomic E-state index is -4.95. The highest BCUT2D eigenvalue weighted by molar-refractivity contribution is 6.06. The van der Waals surface area contributed by atoms with Gasteiger partial charge in [0.2, 0.25) is 5.91 Å². The Morgan fingerprint density at radius 1 is 1.07 bits per heavy atom. The molecule has 0 radical (unpaired) electrons. The van der Waals surface area contributed by atoms with Crippen LogP contribution in [0.5, 0.6) is 0 Å². The molecule has 57 heavy (non-hydrogen) atoms. The zero-order valence-electron chi connectivity index (χ0n) is 32.3. The number of anilines is 5. The summed E-state index contributed by atoms with van der Waals surface area (Å²) in [7, 11) is 1.41. The second-order valence-electron chi connectivity index (χ2n) is 16.1. The monoisotopic (exact) mass is 786 g/mol. The first kappa shape index (κ1) is 38.3. The summed E-state index contributed by atoms with van der Waals surface area (Å²) in [6.45, 7) is 14.1. The fraction of sp³-hybridized carbons (Fsp3) is 0.450. The van der Waals surface area contributed by atoms with Gasteiger partial charge in [-0.25, -0.2) is 15.0 Å². The Morgan fingerprint density at radius 3 is 2.56 bits per heavy atom. The van der Waals surface area contributed by atoms with Crippen molar-refractivity contribution in [2.24, 2.45) is 12.5 Å². The van der Waals surface area contributed by atoms with Gasteiger partial charge in [0, 0.05) is 69.5 Å². The number of rotatable bonds is 8. The van der Waals surface area contributed by atoms with Gasteiger partial charge in [0.25, 0.3) is 11.5 Å². The number of pyridine rings is 2. The number of fused-ring (bicyclic) bond motifs is 3. The molecular formula is C40H45F3N10O4. The number of nitrogens with zero attached hydrogens (tertiary/aromatic N) is 8. The van der Waals surface area contributed by atoms with Crippen LogP contribution in [0.4, 0.5) is 42.0 Å². The van der Waals surface area contributed by atoms with E-state index in [1.54, 1.807) is 6.07 Å². The van der Waals surface area contributed by atoms with E-state index in [2.05, 4.69) is 62.7 Å². The molecule has 17 heteroatoms. The van der Waals surface area contributed by atoms with Crippen LogP contribution in [0.25, 0.3) is 11.3 Å². The van der Waals surface area contributed by atoms with Gasteiger partial charge in [-0.1, -0.05) is 20.4 Å². The number of alkyl halides is 3. The van der Waals surface area contributed by atoms with Gasteiger partial charge in [-0.15, -0.1) is 0 Å². The molecule has 14 nitrogen and oxygen atoms in total. The molecule has 0 unspecified atom stereocenters. The topological polar surface area (TPSA) is 143 Å². The summed E-state index contributed by atoms with van der Waals surface area (Å²) >= 11 is 0. The van der Waals surface area contributed by atoms with Crippen molar-refractivity contribution in [3.8, 4) is 11.3 Å². The second-order valence-corrected chi connectivity index (χ2v) is 16.1. The first-order valence-electron chi connectivity index (χ1n) is 19.1. The molecule has 4 aromatic heterocycles. The summed E-state index contributed by atoms with van der Waals surface area (Å²) in [5, 5.41) is 5.74. The normalized spacial score (nSPS) is 19.8. The number of carbonyl (C=O) groups excluding carboxylic acids is 2. The first-order chi connectivity index (χ1) is 27.1. The van der Waals surface area contributed by atoms with Crippen LogP contribution < -0.4 is 26.0 Å². The molecule has 0 saturated carbocycles. The maximum Gasteiger partial charge on any atom is 0.420 e. The molecule has 1 atom stereocenters. The predicted molar refractivity (Wildman–Crippen MR) is 209 cm³/mol. The van der Waals surface area contributed by atoms with E-state index in [-0.39, 0.29) is 40.8 Å². The molecule has 4 aromatic rings. The lowest BCUT2D eigenvalue weighted by molar-refractivity contribution is -0.136. The lowest BCUT2D eigenvalue weighted by Gasteiger charge is -2.46. The van der Waals surface area contributed by atoms with Crippen molar-refractivity contribution in [2.45, 2.75) is 64.8 Å². The standard InChI is InChI=1S/C40H45F3N10O4/c1-6-32(54)47-28-15-25(18-45-35(28)51-13-12-50(19-23(51)2)26-21-57-22-26)46-34-38(56)49(5)20-29(48-34)27-8-9-44-36(33(27)40(41,42)43)53-11-7-10-52-30(37(53)55)14-24-16-39(3,4)17-31(24)52/h6,8-9,14-15,18,20,23,26H,1,7,10-13,16-17,19,21-22H2,2-5H3,(H,46,48)(H,47,54)/t23-/m0/s1. The molecule has 2 saturated heterocycles. The first-order valence-corrected chi connectivity index (χ1v) is 19.1. The molecule has 8 rings (SSSR count). The molecule has 2 fully saturated rings. The van der Waals surface area contributed by atoms with Crippen LogP contribution in [0, 0.1) is 5.41 Å². The highest BCUT2D eigenvalue weighted by atomic mass is 19.4. The Kier molecular flexibility index (Phi) is 9.71. The number of aromatic nitrogens is 5. The number of hydrogen-bond donors (Lipinski definition) is 2. The molecule has 1 aliphatic carbocycles. The molecule has 2 amide bonds. The maximum atomic E-state index is 15.2. The van der Waals surface area contributed by atoms with Crippen LogP contribution in [-0.4, -0.2) is 92.3 Å². The van der Waals surface area contributed by atoms with Gasteiger partial charge in [0.1, 0.15) is 17.1 Å². The van der Waals surface area contributed by atoms with Crippen molar-refractivity contribution >= 4 is 40.6 Å². The van der Waals surface area contributed by atoms with E-state index in [9.17, 15) is 14.4 Å². The molecule has 0 spiro atoms. The van der Waals surface area contributed by atoms with Crippen molar-refractivity contribution in [3.63, 3.8) is 0 Å². The summed E-state index contributed by atoms with van der Waals surface area (Å²) in [5.74, 6) is -1.30. The summed E-state index contributed by atoms with van der Waals surface area (Å²) in [4.78, 5) is 58.9. The maximum absolute atomic E-state index is 15.2. The van der Waals surface area contributed by atoms with E-state index >= 15 is 13.2 Å². The van der Waals surface area contributed by atoms with Gasteiger partial charge in [-0.05, 0) is 61.4 Å². The molecule has 7 heterocycles. The van der Waals surface area contributed by atoms with Crippen molar-refractivity contribution in [1.29, 1.82) is 0 Å². The van der Waals surface area contributed by atoms with Gasteiger partial charge in [-0.2, -0.15) is 13.2 Å². The van der Waals surface area contributed by atoms with E-state index in [0.717, 1.165) is 52.7 Å². The third-order valence-corrected chi connectivity index (χ3v) is 11.3. The molecule has 300 valence electrons. The molecule has 3 aliphatic heterocycles. The minimum absolute atomic E-state index is 0.0311. The van der Waals surface area contributed by atoms with E-state index in [0.29, 0.717) is 56.0 Å². The number of piperazine rings is 1. The second kappa shape index (κ2) is 14.4. The van der Waals surface area contributed by atoms with Gasteiger partial charge >= 0.3 is 6.18 Å². The van der Waals surface area contributed by atoms with Crippen molar-refractivity contribution < 1.29 is 27.5 Å². The van der Waals surface area contributed by atoms with Gasteiger partial charge in [0.05, 0.1) is 42.5 Å². The lowest BCUT2D eigenvalue weighted by Crippen LogP contribution is -2.59. The van der Waals surface area contributed by atoms with Gasteiger partial charge in [0.15, 0.2) is 11.6 Å². The molecule has 0 bridgehead atoms. The van der Waals surface area contributed by atoms with E-state index in [1.165, 1.54) is 31.7 Å². The quantitative estimate of drug-likeness (QED) is 0.234. The molecular weight excluding hydrogens is 741 g/mol. The number of ether oxygens (including phenoxy) is 1. The lowest BCUT2D eigenvalue weighted by atomic mass is 9.90. The molecule has 4 aliphatic rings. The third-order valence-electron chi connectivity index (χ3n) is 11.3. The van der Waals surface area contributed by atoms with Gasteiger partial charge < -0.3 is 29.4 Å². The van der Waals surface area contributed by atoms with Crippen molar-refractivity contribution in [2.75, 3.05) is 59.8 Å². The fourth-order valence-corrected chi connectivity index (χ4v) is 8.50. The zero-order chi connectivity index (χ0) is 40.4. The molecule has 2 N–H and O–H groups in total. The Labute approximate surface area is 327 Å². The average Bonchev–Trinajstić information content (AvgIpc) is 3.55. The van der Waals surface area contributed by atoms with Gasteiger partial charge in [-0.3, -0.25) is 24.2 Å². The van der Waals surface area contributed by atoms with Crippen LogP contribution in [0.15, 0.2) is 54.2 Å². The average molecular weight is 787 g/mol. The number of amides is 2. The van der Waals surface area contributed by atoms with Crippen molar-refractivity contribution in [1.82, 2.24) is 29.0 Å². The number of aryl methyl sites for hydroxylation is 1. The zero-order valence-corrected chi connectivity index (χ0v) is 32.3. The SMILES string of the molecule is C=CC(=O)Nc1cc(Nc2nc(-c3ccnc(N4CCCn5c(cc6c5CC(C)(C)C6)C4=O)c3C(F)(F)F)cn(C)c2=O)cnc1N1CCN(C2COC2)C[C@@H]1C. The summed E-state index contributed by atoms with van der Waals surface area (Å²) in [5.41, 5.74) is 0.839. The van der Waals surface area contributed by atoms with Crippen LogP contribution in [0.1, 0.15) is 54.5 Å². The Morgan fingerprint density at radius 2 is 1.86 bits per heavy atom. The number of carbonyl (C=O) groups is 2. The fourth-order valence-electron chi connectivity index (χ4n) is 8.50. The highest BCUT2D eigenvalue weighted by Crippen LogP contribution is 2.44. The number of nitrogens with one attached hydrogen (secondary N) is 2. The van der Waals surface area contributed by atoms with E-state index < -0.39 is 34.9 Å². The van der Waals surface area contributed by atoms with Crippen molar-refractivity contribution in [3.05, 3.63) is 82.3 Å². The summed E-state index contributed by atoms with van der Waals surface area (Å²) in [6.07, 6.45) is 2.10.